The van der Waals surface area contributed by atoms with Gasteiger partial charge in [0.25, 0.3) is 0 Å². The van der Waals surface area contributed by atoms with Gasteiger partial charge in [-0.15, -0.1) is 11.6 Å². The highest BCUT2D eigenvalue weighted by atomic mass is 35.5. The number of anilines is 1. The van der Waals surface area contributed by atoms with Gasteiger partial charge in [0.2, 0.25) is 0 Å². The highest BCUT2D eigenvalue weighted by Gasteiger charge is 2.33. The quantitative estimate of drug-likeness (QED) is 0.517. The van der Waals surface area contributed by atoms with Gasteiger partial charge >= 0.3 is 5.97 Å². The SMILES string of the molecule is CCOC(=O)C(Cl)(CC)CC.Nc1ccccc1. The zero-order chi connectivity index (χ0) is 14.0. The van der Waals surface area contributed by atoms with Gasteiger partial charge in [-0.1, -0.05) is 32.0 Å². The average Bonchev–Trinajstić information content (AvgIpc) is 2.39. The van der Waals surface area contributed by atoms with Gasteiger partial charge in [-0.25, -0.2) is 0 Å². The number of hydrogen-bond acceptors (Lipinski definition) is 3. The summed E-state index contributed by atoms with van der Waals surface area (Å²) in [6, 6.07) is 9.49. The van der Waals surface area contributed by atoms with Crippen molar-refractivity contribution in [3.8, 4) is 0 Å². The number of carbonyl (C=O) groups is 1. The maximum absolute atomic E-state index is 11.2. The predicted octanol–water partition coefficient (Wildman–Crippen LogP) is 3.62. The van der Waals surface area contributed by atoms with Gasteiger partial charge in [-0.3, -0.25) is 4.79 Å². The lowest BCUT2D eigenvalue weighted by Gasteiger charge is -2.20. The second-order valence-corrected chi connectivity index (χ2v) is 4.53. The third-order valence-electron chi connectivity index (χ3n) is 2.56. The third-order valence-corrected chi connectivity index (χ3v) is 3.25. The summed E-state index contributed by atoms with van der Waals surface area (Å²) in [5, 5.41) is 0. The van der Waals surface area contributed by atoms with E-state index in [1.807, 2.05) is 44.2 Å². The highest BCUT2D eigenvalue weighted by Crippen LogP contribution is 2.25. The van der Waals surface area contributed by atoms with Gasteiger partial charge < -0.3 is 10.5 Å². The molecule has 0 aliphatic heterocycles. The first-order chi connectivity index (χ1) is 8.50. The number of ether oxygens (including phenoxy) is 1. The Kier molecular flexibility index (Phi) is 8.21. The Hall–Kier alpha value is -1.22. The van der Waals surface area contributed by atoms with E-state index in [1.54, 1.807) is 6.92 Å². The van der Waals surface area contributed by atoms with Crippen LogP contribution in [0.1, 0.15) is 33.6 Å². The molecule has 0 unspecified atom stereocenters. The summed E-state index contributed by atoms with van der Waals surface area (Å²) in [7, 11) is 0. The number of carbonyl (C=O) groups excluding carboxylic acids is 1. The molecule has 18 heavy (non-hydrogen) atoms. The van der Waals surface area contributed by atoms with E-state index in [0.717, 1.165) is 5.69 Å². The normalized spacial score (nSPS) is 10.2. The van der Waals surface area contributed by atoms with Gasteiger partial charge in [0.1, 0.15) is 4.87 Å². The van der Waals surface area contributed by atoms with Crippen LogP contribution in [0, 0.1) is 0 Å². The Bertz CT molecular complexity index is 337. The molecule has 2 N–H and O–H groups in total. The number of nitrogen functional groups attached to an aromatic ring is 1. The van der Waals surface area contributed by atoms with E-state index >= 15 is 0 Å². The lowest BCUT2D eigenvalue weighted by molar-refractivity contribution is -0.146. The highest BCUT2D eigenvalue weighted by molar-refractivity contribution is 6.33. The molecule has 0 bridgehead atoms. The van der Waals surface area contributed by atoms with Crippen molar-refractivity contribution < 1.29 is 9.53 Å². The summed E-state index contributed by atoms with van der Waals surface area (Å²) in [5.74, 6) is -0.299. The van der Waals surface area contributed by atoms with Crippen LogP contribution in [0.2, 0.25) is 0 Å². The number of nitrogens with two attached hydrogens (primary N) is 1. The summed E-state index contributed by atoms with van der Waals surface area (Å²) >= 11 is 5.96. The third kappa shape index (κ3) is 5.92. The summed E-state index contributed by atoms with van der Waals surface area (Å²) in [4.78, 5) is 10.4. The molecular weight excluding hydrogens is 250 g/mol. The van der Waals surface area contributed by atoms with Crippen molar-refractivity contribution in [2.75, 3.05) is 12.3 Å². The molecule has 0 spiro atoms. The molecule has 1 aromatic rings. The lowest BCUT2D eigenvalue weighted by atomic mass is 10.0. The number of halogens is 1. The van der Waals surface area contributed by atoms with Gasteiger partial charge in [-0.2, -0.15) is 0 Å². The maximum Gasteiger partial charge on any atom is 0.327 e. The average molecular weight is 272 g/mol. The van der Waals surface area contributed by atoms with E-state index in [-0.39, 0.29) is 5.97 Å². The minimum Gasteiger partial charge on any atom is -0.465 e. The van der Waals surface area contributed by atoms with E-state index in [0.29, 0.717) is 19.4 Å². The maximum atomic E-state index is 11.2. The molecule has 3 nitrogen and oxygen atoms in total. The predicted molar refractivity (Wildman–Crippen MR) is 76.7 cm³/mol. The van der Waals surface area contributed by atoms with Crippen molar-refractivity contribution in [1.29, 1.82) is 0 Å². The van der Waals surface area contributed by atoms with Crippen LogP contribution < -0.4 is 5.73 Å². The topological polar surface area (TPSA) is 52.3 Å². The molecule has 0 aromatic heterocycles. The largest absolute Gasteiger partial charge is 0.465 e. The molecular formula is C14H22ClNO2. The number of benzene rings is 1. The second kappa shape index (κ2) is 8.81. The van der Waals surface area contributed by atoms with Gasteiger partial charge in [0.05, 0.1) is 6.61 Å². The summed E-state index contributed by atoms with van der Waals surface area (Å²) in [6.45, 7) is 5.94. The van der Waals surface area contributed by atoms with Crippen molar-refractivity contribution in [1.82, 2.24) is 0 Å². The Morgan fingerprint density at radius 3 is 2.00 bits per heavy atom. The monoisotopic (exact) mass is 271 g/mol. The molecule has 0 saturated heterocycles. The molecule has 1 aromatic carbocycles. The van der Waals surface area contributed by atoms with Crippen LogP contribution in [0.5, 0.6) is 0 Å². The molecule has 0 saturated carbocycles. The minimum absolute atomic E-state index is 0.299. The molecule has 0 amide bonds. The van der Waals surface area contributed by atoms with Crippen LogP contribution >= 0.6 is 11.6 Å². The van der Waals surface area contributed by atoms with E-state index in [1.165, 1.54) is 0 Å². The van der Waals surface area contributed by atoms with Crippen LogP contribution in [0.25, 0.3) is 0 Å². The summed E-state index contributed by atoms with van der Waals surface area (Å²) in [6.07, 6.45) is 1.23. The standard InChI is InChI=1S/C8H15ClO2.C6H7N/c1-4-8(9,5-2)7(10)11-6-3;7-6-4-2-1-3-5-6/h4-6H2,1-3H3;1-5H,7H2. The van der Waals surface area contributed by atoms with Crippen molar-refractivity contribution in [2.45, 2.75) is 38.5 Å². The van der Waals surface area contributed by atoms with Crippen molar-refractivity contribution in [3.05, 3.63) is 30.3 Å². The molecule has 0 radical (unpaired) electrons. The van der Waals surface area contributed by atoms with Crippen LogP contribution in [0.3, 0.4) is 0 Å². The molecule has 0 aliphatic rings. The molecule has 1 rings (SSSR count). The molecule has 0 aliphatic carbocycles. The van der Waals surface area contributed by atoms with Crippen molar-refractivity contribution >= 4 is 23.3 Å². The molecule has 0 fully saturated rings. The number of alkyl halides is 1. The fourth-order valence-corrected chi connectivity index (χ4v) is 1.31. The van der Waals surface area contributed by atoms with E-state index in [9.17, 15) is 4.79 Å². The molecule has 4 heteroatoms. The molecule has 0 heterocycles. The number of hydrogen-bond donors (Lipinski definition) is 1. The van der Waals surface area contributed by atoms with Crippen molar-refractivity contribution in [3.63, 3.8) is 0 Å². The smallest absolute Gasteiger partial charge is 0.327 e. The van der Waals surface area contributed by atoms with Gasteiger partial charge in [0.15, 0.2) is 0 Å². The first kappa shape index (κ1) is 16.8. The molecule has 102 valence electrons. The minimum atomic E-state index is -0.796. The van der Waals surface area contributed by atoms with Crippen LogP contribution in [-0.2, 0) is 9.53 Å². The van der Waals surface area contributed by atoms with Crippen molar-refractivity contribution in [2.24, 2.45) is 0 Å². The summed E-state index contributed by atoms with van der Waals surface area (Å²) in [5.41, 5.74) is 6.18. The number of para-hydroxylation sites is 1. The fourth-order valence-electron chi connectivity index (χ4n) is 1.25. The zero-order valence-electron chi connectivity index (χ0n) is 11.3. The fraction of sp³-hybridized carbons (Fsp3) is 0.500. The van der Waals surface area contributed by atoms with E-state index < -0.39 is 4.87 Å². The van der Waals surface area contributed by atoms with E-state index in [2.05, 4.69) is 0 Å². The Morgan fingerprint density at radius 1 is 1.22 bits per heavy atom. The van der Waals surface area contributed by atoms with Crippen LogP contribution in [0.15, 0.2) is 30.3 Å². The van der Waals surface area contributed by atoms with Crippen LogP contribution in [0.4, 0.5) is 5.69 Å². The van der Waals surface area contributed by atoms with Gasteiger partial charge in [-0.05, 0) is 31.9 Å². The Balaban J connectivity index is 0.000000351. The Morgan fingerprint density at radius 2 is 1.72 bits per heavy atom. The summed E-state index contributed by atoms with van der Waals surface area (Å²) < 4.78 is 4.82. The first-order valence-electron chi connectivity index (χ1n) is 6.16. The van der Waals surface area contributed by atoms with Crippen LogP contribution in [-0.4, -0.2) is 17.5 Å². The number of esters is 1. The zero-order valence-corrected chi connectivity index (χ0v) is 12.0. The molecule has 0 atom stereocenters. The Labute approximate surface area is 114 Å². The first-order valence-corrected chi connectivity index (χ1v) is 6.54. The van der Waals surface area contributed by atoms with E-state index in [4.69, 9.17) is 22.1 Å². The lowest BCUT2D eigenvalue weighted by Crippen LogP contribution is -2.32. The number of rotatable bonds is 4. The second-order valence-electron chi connectivity index (χ2n) is 3.80. The van der Waals surface area contributed by atoms with Gasteiger partial charge in [0, 0.05) is 5.69 Å².